The van der Waals surface area contributed by atoms with Crippen molar-refractivity contribution in [3.8, 4) is 5.75 Å². The molecule has 0 saturated heterocycles. The Hall–Kier alpha value is -1.16. The SMILES string of the molecule is CCCNC1CCc2cc(OC(F)F)ccc21. The minimum absolute atomic E-state index is 0.259. The Kier molecular flexibility index (Phi) is 3.94. The average molecular weight is 241 g/mol. The van der Waals surface area contributed by atoms with Crippen molar-refractivity contribution in [1.29, 1.82) is 0 Å². The van der Waals surface area contributed by atoms with E-state index in [9.17, 15) is 8.78 Å². The van der Waals surface area contributed by atoms with Crippen LogP contribution >= 0.6 is 0 Å². The van der Waals surface area contributed by atoms with Crippen LogP contribution in [0.3, 0.4) is 0 Å². The molecule has 1 atom stereocenters. The van der Waals surface area contributed by atoms with Gasteiger partial charge in [0.25, 0.3) is 0 Å². The van der Waals surface area contributed by atoms with Gasteiger partial charge in [0, 0.05) is 6.04 Å². The van der Waals surface area contributed by atoms with Gasteiger partial charge in [-0.3, -0.25) is 0 Å². The third-order valence-electron chi connectivity index (χ3n) is 3.06. The van der Waals surface area contributed by atoms with Gasteiger partial charge in [0.1, 0.15) is 5.75 Å². The van der Waals surface area contributed by atoms with E-state index in [1.165, 1.54) is 5.56 Å². The van der Waals surface area contributed by atoms with E-state index in [1.807, 2.05) is 6.07 Å². The molecule has 0 fully saturated rings. The zero-order chi connectivity index (χ0) is 12.3. The first-order valence-corrected chi connectivity index (χ1v) is 6.01. The number of halogens is 2. The van der Waals surface area contributed by atoms with Crippen molar-refractivity contribution in [3.05, 3.63) is 29.3 Å². The lowest BCUT2D eigenvalue weighted by molar-refractivity contribution is -0.0498. The molecular weight excluding hydrogens is 224 g/mol. The second-order valence-electron chi connectivity index (χ2n) is 4.28. The average Bonchev–Trinajstić information content (AvgIpc) is 2.68. The number of nitrogens with one attached hydrogen (secondary N) is 1. The molecule has 4 heteroatoms. The van der Waals surface area contributed by atoms with Crippen molar-refractivity contribution in [2.24, 2.45) is 0 Å². The highest BCUT2D eigenvalue weighted by Gasteiger charge is 2.22. The highest BCUT2D eigenvalue weighted by atomic mass is 19.3. The van der Waals surface area contributed by atoms with Gasteiger partial charge in [-0.1, -0.05) is 13.0 Å². The summed E-state index contributed by atoms with van der Waals surface area (Å²) in [7, 11) is 0. The first kappa shape index (κ1) is 12.3. The molecule has 1 aromatic carbocycles. The maximum absolute atomic E-state index is 12.1. The summed E-state index contributed by atoms with van der Waals surface area (Å²) < 4.78 is 28.6. The number of benzene rings is 1. The Balaban J connectivity index is 2.08. The predicted molar refractivity (Wildman–Crippen MR) is 62.4 cm³/mol. The summed E-state index contributed by atoms with van der Waals surface area (Å²) in [6, 6.07) is 5.62. The van der Waals surface area contributed by atoms with E-state index in [1.54, 1.807) is 12.1 Å². The molecule has 17 heavy (non-hydrogen) atoms. The summed E-state index contributed by atoms with van der Waals surface area (Å²) in [5.74, 6) is 0.259. The number of hydrogen-bond acceptors (Lipinski definition) is 2. The van der Waals surface area contributed by atoms with Gasteiger partial charge in [0.05, 0.1) is 0 Å². The van der Waals surface area contributed by atoms with E-state index in [-0.39, 0.29) is 5.75 Å². The number of aryl methyl sites for hydroxylation is 1. The minimum Gasteiger partial charge on any atom is -0.435 e. The van der Waals surface area contributed by atoms with Crippen LogP contribution in [0.2, 0.25) is 0 Å². The maximum atomic E-state index is 12.1. The number of fused-ring (bicyclic) bond motifs is 1. The summed E-state index contributed by atoms with van der Waals surface area (Å²) in [5, 5.41) is 3.46. The predicted octanol–water partition coefficient (Wildman–Crippen LogP) is 3.27. The van der Waals surface area contributed by atoms with Gasteiger partial charge in [-0.25, -0.2) is 0 Å². The molecule has 0 aliphatic heterocycles. The lowest BCUT2D eigenvalue weighted by Gasteiger charge is -2.13. The van der Waals surface area contributed by atoms with Crippen molar-refractivity contribution < 1.29 is 13.5 Å². The minimum atomic E-state index is -2.75. The van der Waals surface area contributed by atoms with Crippen LogP contribution in [0, 0.1) is 0 Å². The van der Waals surface area contributed by atoms with E-state index < -0.39 is 6.61 Å². The van der Waals surface area contributed by atoms with Crippen molar-refractivity contribution in [2.45, 2.75) is 38.8 Å². The van der Waals surface area contributed by atoms with Crippen LogP contribution in [0.5, 0.6) is 5.75 Å². The van der Waals surface area contributed by atoms with Crippen molar-refractivity contribution in [2.75, 3.05) is 6.54 Å². The summed E-state index contributed by atoms with van der Waals surface area (Å²) in [5.41, 5.74) is 2.34. The zero-order valence-electron chi connectivity index (χ0n) is 9.88. The van der Waals surface area contributed by atoms with Crippen LogP contribution in [0.1, 0.15) is 36.9 Å². The fraction of sp³-hybridized carbons (Fsp3) is 0.538. The number of alkyl halides is 2. The Morgan fingerprint density at radius 1 is 1.47 bits per heavy atom. The molecule has 0 heterocycles. The fourth-order valence-electron chi connectivity index (χ4n) is 2.30. The van der Waals surface area contributed by atoms with Crippen LogP contribution in [-0.4, -0.2) is 13.2 Å². The molecule has 2 rings (SSSR count). The van der Waals surface area contributed by atoms with Crippen LogP contribution < -0.4 is 10.1 Å². The van der Waals surface area contributed by atoms with E-state index >= 15 is 0 Å². The van der Waals surface area contributed by atoms with Gasteiger partial charge in [0.15, 0.2) is 0 Å². The monoisotopic (exact) mass is 241 g/mol. The highest BCUT2D eigenvalue weighted by molar-refractivity contribution is 5.40. The third kappa shape index (κ3) is 2.94. The first-order valence-electron chi connectivity index (χ1n) is 6.01. The Labute approximate surface area is 100.0 Å². The second-order valence-corrected chi connectivity index (χ2v) is 4.28. The lowest BCUT2D eigenvalue weighted by Crippen LogP contribution is -2.19. The molecule has 0 aromatic heterocycles. The van der Waals surface area contributed by atoms with E-state index in [0.717, 1.165) is 31.4 Å². The molecule has 0 spiro atoms. The van der Waals surface area contributed by atoms with Crippen LogP contribution in [0.25, 0.3) is 0 Å². The molecule has 1 N–H and O–H groups in total. The number of hydrogen-bond donors (Lipinski definition) is 1. The third-order valence-corrected chi connectivity index (χ3v) is 3.06. The first-order chi connectivity index (χ1) is 8.20. The second kappa shape index (κ2) is 5.45. The molecule has 2 nitrogen and oxygen atoms in total. The van der Waals surface area contributed by atoms with Crippen molar-refractivity contribution >= 4 is 0 Å². The topological polar surface area (TPSA) is 21.3 Å². The standard InChI is InChI=1S/C13H17F2NO/c1-2-7-16-12-6-3-9-8-10(17-13(14)15)4-5-11(9)12/h4-5,8,12-13,16H,2-3,6-7H2,1H3. The van der Waals surface area contributed by atoms with E-state index in [2.05, 4.69) is 17.0 Å². The van der Waals surface area contributed by atoms with Gasteiger partial charge >= 0.3 is 6.61 Å². The summed E-state index contributed by atoms with van der Waals surface area (Å²) in [6.07, 6.45) is 3.06. The Morgan fingerprint density at radius 3 is 3.00 bits per heavy atom. The maximum Gasteiger partial charge on any atom is 0.387 e. The fourth-order valence-corrected chi connectivity index (χ4v) is 2.30. The lowest BCUT2D eigenvalue weighted by atomic mass is 10.1. The number of ether oxygens (including phenoxy) is 1. The molecule has 1 aromatic rings. The smallest absolute Gasteiger partial charge is 0.387 e. The number of rotatable bonds is 5. The largest absolute Gasteiger partial charge is 0.435 e. The molecule has 1 unspecified atom stereocenters. The van der Waals surface area contributed by atoms with Crippen LogP contribution in [0.4, 0.5) is 8.78 Å². The normalized spacial score (nSPS) is 18.5. The Bertz CT molecular complexity index is 382. The molecule has 0 saturated carbocycles. The van der Waals surface area contributed by atoms with Gasteiger partial charge in [0.2, 0.25) is 0 Å². The molecule has 0 bridgehead atoms. The van der Waals surface area contributed by atoms with Crippen molar-refractivity contribution in [1.82, 2.24) is 5.32 Å². The summed E-state index contributed by atoms with van der Waals surface area (Å²) in [6.45, 7) is 0.366. The van der Waals surface area contributed by atoms with Gasteiger partial charge < -0.3 is 10.1 Å². The van der Waals surface area contributed by atoms with Crippen LogP contribution in [-0.2, 0) is 6.42 Å². The van der Waals surface area contributed by atoms with Gasteiger partial charge in [-0.2, -0.15) is 8.78 Å². The van der Waals surface area contributed by atoms with Crippen LogP contribution in [0.15, 0.2) is 18.2 Å². The molecule has 1 aliphatic rings. The highest BCUT2D eigenvalue weighted by Crippen LogP contribution is 2.33. The molecule has 0 amide bonds. The van der Waals surface area contributed by atoms with Gasteiger partial charge in [-0.05, 0) is 49.1 Å². The molecular formula is C13H17F2NO. The molecule has 1 aliphatic carbocycles. The van der Waals surface area contributed by atoms with Crippen molar-refractivity contribution in [3.63, 3.8) is 0 Å². The zero-order valence-corrected chi connectivity index (χ0v) is 9.88. The van der Waals surface area contributed by atoms with E-state index in [0.29, 0.717) is 6.04 Å². The Morgan fingerprint density at radius 2 is 2.29 bits per heavy atom. The molecule has 94 valence electrons. The quantitative estimate of drug-likeness (QED) is 0.854. The molecule has 0 radical (unpaired) electrons. The van der Waals surface area contributed by atoms with E-state index in [4.69, 9.17) is 0 Å². The summed E-state index contributed by atoms with van der Waals surface area (Å²) >= 11 is 0. The van der Waals surface area contributed by atoms with Gasteiger partial charge in [-0.15, -0.1) is 0 Å². The summed E-state index contributed by atoms with van der Waals surface area (Å²) in [4.78, 5) is 0.